The summed E-state index contributed by atoms with van der Waals surface area (Å²) in [7, 11) is 0. The normalized spacial score (nSPS) is 10.6. The molecule has 0 radical (unpaired) electrons. The number of benzene rings is 1. The van der Waals surface area contributed by atoms with E-state index in [1.165, 1.54) is 5.56 Å². The number of nitrogens with zero attached hydrogens (tertiary/aromatic N) is 2. The second-order valence-corrected chi connectivity index (χ2v) is 5.73. The van der Waals surface area contributed by atoms with Crippen molar-refractivity contribution in [3.8, 4) is 11.3 Å². The molecule has 1 amide bonds. The summed E-state index contributed by atoms with van der Waals surface area (Å²) in [5, 5.41) is 9.87. The van der Waals surface area contributed by atoms with E-state index in [-0.39, 0.29) is 5.91 Å². The van der Waals surface area contributed by atoms with Gasteiger partial charge in [-0.3, -0.25) is 9.89 Å². The van der Waals surface area contributed by atoms with Crippen LogP contribution < -0.4 is 5.32 Å². The molecule has 24 heavy (non-hydrogen) atoms. The molecule has 0 saturated heterocycles. The summed E-state index contributed by atoms with van der Waals surface area (Å²) in [6.07, 6.45) is 2.21. The molecule has 0 unspecified atom stereocenters. The van der Waals surface area contributed by atoms with Crippen molar-refractivity contribution in [3.63, 3.8) is 0 Å². The molecular formula is C19H20N4O. The van der Waals surface area contributed by atoms with Crippen molar-refractivity contribution in [2.24, 2.45) is 0 Å². The smallest absolute Gasteiger partial charge is 0.275 e. The Morgan fingerprint density at radius 3 is 2.67 bits per heavy atom. The maximum atomic E-state index is 12.2. The number of amides is 1. The Hall–Kier alpha value is -2.95. The molecule has 0 aliphatic heterocycles. The van der Waals surface area contributed by atoms with Gasteiger partial charge in [0.1, 0.15) is 5.69 Å². The summed E-state index contributed by atoms with van der Waals surface area (Å²) >= 11 is 0. The average molecular weight is 320 g/mol. The van der Waals surface area contributed by atoms with Gasteiger partial charge in [0.05, 0.1) is 5.69 Å². The number of aromatic nitrogens is 3. The third kappa shape index (κ3) is 3.68. The highest BCUT2D eigenvalue weighted by Gasteiger charge is 2.10. The first-order chi connectivity index (χ1) is 11.7. The number of rotatable bonds is 5. The fraction of sp³-hybridized carbons (Fsp3) is 0.211. The van der Waals surface area contributed by atoms with Crippen LogP contribution in [0, 0.1) is 6.92 Å². The monoisotopic (exact) mass is 320 g/mol. The van der Waals surface area contributed by atoms with Crippen molar-refractivity contribution in [2.45, 2.75) is 26.7 Å². The minimum absolute atomic E-state index is 0.268. The van der Waals surface area contributed by atoms with Gasteiger partial charge in [0, 0.05) is 11.8 Å². The molecular weight excluding hydrogens is 300 g/mol. The van der Waals surface area contributed by atoms with Crippen LogP contribution >= 0.6 is 0 Å². The Morgan fingerprint density at radius 1 is 1.17 bits per heavy atom. The number of carbonyl (C=O) groups is 1. The molecule has 0 aliphatic carbocycles. The van der Waals surface area contributed by atoms with Gasteiger partial charge >= 0.3 is 0 Å². The molecule has 3 aromatic rings. The summed E-state index contributed by atoms with van der Waals surface area (Å²) in [6, 6.07) is 15.5. The van der Waals surface area contributed by atoms with E-state index in [2.05, 4.69) is 51.7 Å². The van der Waals surface area contributed by atoms with Gasteiger partial charge in [-0.15, -0.1) is 0 Å². The number of aromatic amines is 1. The van der Waals surface area contributed by atoms with Gasteiger partial charge in [0.15, 0.2) is 5.82 Å². The van der Waals surface area contributed by atoms with Crippen molar-refractivity contribution in [2.75, 3.05) is 5.32 Å². The Morgan fingerprint density at radius 2 is 1.96 bits per heavy atom. The van der Waals surface area contributed by atoms with Crippen molar-refractivity contribution < 1.29 is 4.79 Å². The van der Waals surface area contributed by atoms with Crippen LogP contribution in [0.4, 0.5) is 5.82 Å². The number of hydrogen-bond donors (Lipinski definition) is 2. The molecule has 5 nitrogen and oxygen atoms in total. The van der Waals surface area contributed by atoms with Gasteiger partial charge in [-0.2, -0.15) is 5.10 Å². The fourth-order valence-electron chi connectivity index (χ4n) is 2.52. The molecule has 2 heterocycles. The van der Waals surface area contributed by atoms with Gasteiger partial charge in [0.2, 0.25) is 0 Å². The zero-order valence-corrected chi connectivity index (χ0v) is 13.8. The highest BCUT2D eigenvalue weighted by atomic mass is 16.1. The van der Waals surface area contributed by atoms with Crippen LogP contribution in [0.25, 0.3) is 11.3 Å². The van der Waals surface area contributed by atoms with E-state index in [0.717, 1.165) is 29.8 Å². The van der Waals surface area contributed by atoms with E-state index in [9.17, 15) is 4.79 Å². The number of anilines is 1. The van der Waals surface area contributed by atoms with Gasteiger partial charge in [-0.05, 0) is 36.6 Å². The van der Waals surface area contributed by atoms with E-state index >= 15 is 0 Å². The lowest BCUT2D eigenvalue weighted by atomic mass is 10.1. The second-order valence-electron chi connectivity index (χ2n) is 5.73. The van der Waals surface area contributed by atoms with Crippen molar-refractivity contribution in [1.82, 2.24) is 15.2 Å². The van der Waals surface area contributed by atoms with E-state index < -0.39 is 0 Å². The van der Waals surface area contributed by atoms with Crippen LogP contribution in [-0.2, 0) is 6.42 Å². The number of aryl methyl sites for hydroxylation is 2. The standard InChI is InChI=1S/C19H20N4O/c1-3-5-14-8-10-15(11-9-14)17-12-18(23-22-17)21-19(24)16-7-4-6-13(2)20-16/h4,6-12H,3,5H2,1-2H3,(H2,21,22,23,24). The third-order valence-corrected chi connectivity index (χ3v) is 3.74. The first-order valence-corrected chi connectivity index (χ1v) is 8.05. The maximum Gasteiger partial charge on any atom is 0.275 e. The number of H-pyrrole nitrogens is 1. The Bertz CT molecular complexity index is 837. The van der Waals surface area contributed by atoms with Crippen LogP contribution in [0.1, 0.15) is 35.1 Å². The molecule has 0 fully saturated rings. The molecule has 2 aromatic heterocycles. The highest BCUT2D eigenvalue weighted by Crippen LogP contribution is 2.21. The lowest BCUT2D eigenvalue weighted by Crippen LogP contribution is -2.14. The van der Waals surface area contributed by atoms with Crippen molar-refractivity contribution in [1.29, 1.82) is 0 Å². The lowest BCUT2D eigenvalue weighted by molar-refractivity contribution is 0.102. The topological polar surface area (TPSA) is 70.7 Å². The number of pyridine rings is 1. The van der Waals surface area contributed by atoms with Crippen LogP contribution in [0.2, 0.25) is 0 Å². The van der Waals surface area contributed by atoms with Gasteiger partial charge in [0.25, 0.3) is 5.91 Å². The van der Waals surface area contributed by atoms with E-state index in [1.54, 1.807) is 6.07 Å². The predicted octanol–water partition coefficient (Wildman–Crippen LogP) is 3.98. The number of carbonyl (C=O) groups excluding carboxylic acids is 1. The van der Waals surface area contributed by atoms with Crippen LogP contribution in [-0.4, -0.2) is 21.1 Å². The number of nitrogens with one attached hydrogen (secondary N) is 2. The molecule has 3 rings (SSSR count). The minimum Gasteiger partial charge on any atom is -0.304 e. The molecule has 122 valence electrons. The Kier molecular flexibility index (Phi) is 4.70. The molecule has 0 saturated carbocycles. The zero-order chi connectivity index (χ0) is 16.9. The molecule has 0 atom stereocenters. The first-order valence-electron chi connectivity index (χ1n) is 8.05. The maximum absolute atomic E-state index is 12.2. The van der Waals surface area contributed by atoms with Gasteiger partial charge in [-0.25, -0.2) is 4.98 Å². The van der Waals surface area contributed by atoms with E-state index in [4.69, 9.17) is 0 Å². The van der Waals surface area contributed by atoms with E-state index in [1.807, 2.05) is 25.1 Å². The molecule has 0 aliphatic rings. The van der Waals surface area contributed by atoms with Crippen LogP contribution in [0.5, 0.6) is 0 Å². The summed E-state index contributed by atoms with van der Waals surface area (Å²) in [4.78, 5) is 16.4. The highest BCUT2D eigenvalue weighted by molar-refractivity contribution is 6.02. The quantitative estimate of drug-likeness (QED) is 0.747. The summed E-state index contributed by atoms with van der Waals surface area (Å²) in [6.45, 7) is 4.02. The summed E-state index contributed by atoms with van der Waals surface area (Å²) in [5.41, 5.74) is 4.41. The molecule has 5 heteroatoms. The van der Waals surface area contributed by atoms with Gasteiger partial charge in [-0.1, -0.05) is 43.7 Å². The van der Waals surface area contributed by atoms with Crippen molar-refractivity contribution >= 4 is 11.7 Å². The fourth-order valence-corrected chi connectivity index (χ4v) is 2.52. The molecule has 1 aromatic carbocycles. The largest absolute Gasteiger partial charge is 0.304 e. The Balaban J connectivity index is 1.72. The van der Waals surface area contributed by atoms with Gasteiger partial charge < -0.3 is 5.32 Å². The van der Waals surface area contributed by atoms with Crippen molar-refractivity contribution in [3.05, 3.63) is 65.5 Å². The minimum atomic E-state index is -0.268. The van der Waals surface area contributed by atoms with Crippen LogP contribution in [0.3, 0.4) is 0 Å². The summed E-state index contributed by atoms with van der Waals surface area (Å²) < 4.78 is 0. The second kappa shape index (κ2) is 7.08. The first kappa shape index (κ1) is 15.9. The third-order valence-electron chi connectivity index (χ3n) is 3.74. The molecule has 0 bridgehead atoms. The summed E-state index contributed by atoms with van der Waals surface area (Å²) in [5.74, 6) is 0.214. The SMILES string of the molecule is CCCc1ccc(-c2cc(NC(=O)c3cccc(C)n3)n[nH]2)cc1. The predicted molar refractivity (Wildman–Crippen MR) is 94.9 cm³/mol. The Labute approximate surface area is 141 Å². The van der Waals surface area contributed by atoms with Crippen LogP contribution in [0.15, 0.2) is 48.5 Å². The zero-order valence-electron chi connectivity index (χ0n) is 13.8. The molecule has 0 spiro atoms. The number of hydrogen-bond acceptors (Lipinski definition) is 3. The van der Waals surface area contributed by atoms with E-state index in [0.29, 0.717) is 11.5 Å². The average Bonchev–Trinajstić information content (AvgIpc) is 3.04. The molecule has 2 N–H and O–H groups in total. The lowest BCUT2D eigenvalue weighted by Gasteiger charge is -2.02.